The third kappa shape index (κ3) is 3.39. The zero-order chi connectivity index (χ0) is 14.8. The van der Waals surface area contributed by atoms with Crippen LogP contribution in [0, 0.1) is 19.8 Å². The predicted molar refractivity (Wildman–Crippen MR) is 77.8 cm³/mol. The molecule has 20 heavy (non-hydrogen) atoms. The molecule has 2 rings (SSSR count). The first-order valence-electron chi connectivity index (χ1n) is 7.04. The lowest BCUT2D eigenvalue weighted by Gasteiger charge is -2.21. The third-order valence-corrected chi connectivity index (χ3v) is 5.33. The minimum Gasteiger partial charge on any atom is -0.274 e. The van der Waals surface area contributed by atoms with Crippen molar-refractivity contribution in [3.05, 3.63) is 29.3 Å². The van der Waals surface area contributed by atoms with E-state index in [9.17, 15) is 13.2 Å². The molecule has 0 heterocycles. The van der Waals surface area contributed by atoms with Crippen molar-refractivity contribution < 1.29 is 13.2 Å². The van der Waals surface area contributed by atoms with Crippen LogP contribution in [0.15, 0.2) is 23.1 Å². The molecular weight excluding hydrogens is 274 g/mol. The molecule has 0 atom stereocenters. The number of carbonyl (C=O) groups is 1. The zero-order valence-corrected chi connectivity index (χ0v) is 12.8. The number of aryl methyl sites for hydroxylation is 2. The van der Waals surface area contributed by atoms with Gasteiger partial charge in [-0.25, -0.2) is 13.1 Å². The molecule has 1 saturated carbocycles. The molecule has 1 aromatic rings. The van der Waals surface area contributed by atoms with Gasteiger partial charge < -0.3 is 0 Å². The van der Waals surface area contributed by atoms with Crippen molar-refractivity contribution >= 4 is 15.9 Å². The van der Waals surface area contributed by atoms with Crippen molar-refractivity contribution in [2.45, 2.75) is 50.8 Å². The van der Waals surface area contributed by atoms with Crippen molar-refractivity contribution in [1.29, 1.82) is 0 Å². The van der Waals surface area contributed by atoms with Crippen LogP contribution < -0.4 is 4.72 Å². The number of amides is 1. The summed E-state index contributed by atoms with van der Waals surface area (Å²) in [6.45, 7) is 3.57. The van der Waals surface area contributed by atoms with Crippen LogP contribution in [-0.2, 0) is 14.8 Å². The molecule has 1 N–H and O–H groups in total. The second-order valence-electron chi connectivity index (χ2n) is 5.57. The summed E-state index contributed by atoms with van der Waals surface area (Å²) in [5.74, 6) is -0.519. The Balaban J connectivity index is 2.18. The molecule has 110 valence electrons. The van der Waals surface area contributed by atoms with Crippen LogP contribution in [0.25, 0.3) is 0 Å². The quantitative estimate of drug-likeness (QED) is 0.932. The number of hydrogen-bond acceptors (Lipinski definition) is 3. The van der Waals surface area contributed by atoms with Crippen molar-refractivity contribution in [3.8, 4) is 0 Å². The lowest BCUT2D eigenvalue weighted by molar-refractivity contribution is -0.124. The second kappa shape index (κ2) is 5.95. The molecule has 5 heteroatoms. The Morgan fingerprint density at radius 2 is 1.80 bits per heavy atom. The SMILES string of the molecule is Cc1ccc(C)c(S(=O)(=O)NC(=O)C2CCCCC2)c1. The monoisotopic (exact) mass is 295 g/mol. The van der Waals surface area contributed by atoms with Gasteiger partial charge in [-0.05, 0) is 43.9 Å². The maximum Gasteiger partial charge on any atom is 0.264 e. The van der Waals surface area contributed by atoms with Crippen molar-refractivity contribution in [2.24, 2.45) is 5.92 Å². The molecule has 0 aliphatic heterocycles. The van der Waals surface area contributed by atoms with E-state index in [-0.39, 0.29) is 16.7 Å². The van der Waals surface area contributed by atoms with Crippen LogP contribution in [0.3, 0.4) is 0 Å². The molecule has 4 nitrogen and oxygen atoms in total. The first-order valence-corrected chi connectivity index (χ1v) is 8.52. The van der Waals surface area contributed by atoms with Gasteiger partial charge in [0.05, 0.1) is 4.90 Å². The van der Waals surface area contributed by atoms with Crippen LogP contribution in [0.4, 0.5) is 0 Å². The molecule has 1 amide bonds. The van der Waals surface area contributed by atoms with E-state index < -0.39 is 10.0 Å². The summed E-state index contributed by atoms with van der Waals surface area (Å²) >= 11 is 0. The van der Waals surface area contributed by atoms with Crippen molar-refractivity contribution in [3.63, 3.8) is 0 Å². The number of carbonyl (C=O) groups excluding carboxylic acids is 1. The lowest BCUT2D eigenvalue weighted by atomic mass is 9.89. The standard InChI is InChI=1S/C15H21NO3S/c1-11-8-9-12(2)14(10-11)20(18,19)16-15(17)13-6-4-3-5-7-13/h8-10,13H,3-7H2,1-2H3,(H,16,17). The fourth-order valence-electron chi connectivity index (χ4n) is 2.63. The van der Waals surface area contributed by atoms with E-state index in [0.29, 0.717) is 5.56 Å². The average Bonchev–Trinajstić information content (AvgIpc) is 2.42. The fourth-order valence-corrected chi connectivity index (χ4v) is 4.01. The molecule has 1 aromatic carbocycles. The van der Waals surface area contributed by atoms with Gasteiger partial charge in [-0.3, -0.25) is 4.79 Å². The highest BCUT2D eigenvalue weighted by molar-refractivity contribution is 7.90. The largest absolute Gasteiger partial charge is 0.274 e. The Morgan fingerprint density at radius 3 is 2.45 bits per heavy atom. The van der Waals surface area contributed by atoms with Crippen LogP contribution in [0.2, 0.25) is 0 Å². The molecule has 0 radical (unpaired) electrons. The number of nitrogens with one attached hydrogen (secondary N) is 1. The molecular formula is C15H21NO3S. The van der Waals surface area contributed by atoms with E-state index in [4.69, 9.17) is 0 Å². The first-order chi connectivity index (χ1) is 9.40. The zero-order valence-electron chi connectivity index (χ0n) is 12.0. The highest BCUT2D eigenvalue weighted by atomic mass is 32.2. The molecule has 0 spiro atoms. The maximum atomic E-state index is 12.3. The second-order valence-corrected chi connectivity index (χ2v) is 7.22. The summed E-state index contributed by atoms with van der Waals surface area (Å²) in [4.78, 5) is 12.3. The summed E-state index contributed by atoms with van der Waals surface area (Å²) in [6, 6.07) is 5.22. The molecule has 1 fully saturated rings. The Morgan fingerprint density at radius 1 is 1.15 bits per heavy atom. The van der Waals surface area contributed by atoms with Gasteiger partial charge in [-0.1, -0.05) is 31.4 Å². The number of benzene rings is 1. The normalized spacial score (nSPS) is 16.9. The summed E-state index contributed by atoms with van der Waals surface area (Å²) in [5, 5.41) is 0. The summed E-state index contributed by atoms with van der Waals surface area (Å²) < 4.78 is 26.9. The summed E-state index contributed by atoms with van der Waals surface area (Å²) in [5.41, 5.74) is 1.51. The van der Waals surface area contributed by atoms with Gasteiger partial charge in [0.1, 0.15) is 0 Å². The van der Waals surface area contributed by atoms with Gasteiger partial charge in [-0.15, -0.1) is 0 Å². The number of sulfonamides is 1. The summed E-state index contributed by atoms with van der Waals surface area (Å²) in [6.07, 6.45) is 4.71. The topological polar surface area (TPSA) is 63.2 Å². The third-order valence-electron chi connectivity index (χ3n) is 3.84. The van der Waals surface area contributed by atoms with E-state index in [1.807, 2.05) is 13.0 Å². The predicted octanol–water partition coefficient (Wildman–Crippen LogP) is 2.69. The van der Waals surface area contributed by atoms with Crippen molar-refractivity contribution in [1.82, 2.24) is 4.72 Å². The van der Waals surface area contributed by atoms with Crippen LogP contribution in [0.5, 0.6) is 0 Å². The minimum absolute atomic E-state index is 0.163. The lowest BCUT2D eigenvalue weighted by Crippen LogP contribution is -2.36. The average molecular weight is 295 g/mol. The van der Waals surface area contributed by atoms with E-state index in [0.717, 1.165) is 37.7 Å². The van der Waals surface area contributed by atoms with E-state index in [1.54, 1.807) is 19.1 Å². The Kier molecular flexibility index (Phi) is 4.48. The van der Waals surface area contributed by atoms with Gasteiger partial charge in [-0.2, -0.15) is 0 Å². The molecule has 1 aliphatic carbocycles. The Labute approximate surface area is 120 Å². The molecule has 0 aromatic heterocycles. The molecule has 0 unspecified atom stereocenters. The highest BCUT2D eigenvalue weighted by Gasteiger charge is 2.26. The number of hydrogen-bond donors (Lipinski definition) is 1. The Bertz CT molecular complexity index is 602. The fraction of sp³-hybridized carbons (Fsp3) is 0.533. The smallest absolute Gasteiger partial charge is 0.264 e. The van der Waals surface area contributed by atoms with Crippen LogP contribution in [0.1, 0.15) is 43.2 Å². The van der Waals surface area contributed by atoms with Gasteiger partial charge in [0.25, 0.3) is 10.0 Å². The first kappa shape index (κ1) is 15.0. The van der Waals surface area contributed by atoms with E-state index in [1.165, 1.54) is 0 Å². The van der Waals surface area contributed by atoms with Gasteiger partial charge in [0.2, 0.25) is 5.91 Å². The van der Waals surface area contributed by atoms with Gasteiger partial charge in [0, 0.05) is 5.92 Å². The van der Waals surface area contributed by atoms with E-state index in [2.05, 4.69) is 4.72 Å². The molecule has 0 bridgehead atoms. The van der Waals surface area contributed by atoms with Crippen LogP contribution in [-0.4, -0.2) is 14.3 Å². The van der Waals surface area contributed by atoms with Crippen LogP contribution >= 0.6 is 0 Å². The van der Waals surface area contributed by atoms with Crippen molar-refractivity contribution in [2.75, 3.05) is 0 Å². The molecule has 1 aliphatic rings. The Hall–Kier alpha value is -1.36. The summed E-state index contributed by atoms with van der Waals surface area (Å²) in [7, 11) is -3.76. The minimum atomic E-state index is -3.76. The van der Waals surface area contributed by atoms with Gasteiger partial charge in [0.15, 0.2) is 0 Å². The maximum absolute atomic E-state index is 12.3. The number of rotatable bonds is 3. The van der Waals surface area contributed by atoms with Gasteiger partial charge >= 0.3 is 0 Å². The highest BCUT2D eigenvalue weighted by Crippen LogP contribution is 2.24. The molecule has 0 saturated heterocycles. The van der Waals surface area contributed by atoms with E-state index >= 15 is 0 Å².